The van der Waals surface area contributed by atoms with Gasteiger partial charge < -0.3 is 15.4 Å². The summed E-state index contributed by atoms with van der Waals surface area (Å²) in [6.07, 6.45) is 0. The van der Waals surface area contributed by atoms with Gasteiger partial charge in [0.25, 0.3) is 11.8 Å². The maximum absolute atomic E-state index is 12.5. The molecule has 2 amide bonds. The Labute approximate surface area is 174 Å². The van der Waals surface area contributed by atoms with Crippen LogP contribution in [-0.4, -0.2) is 24.4 Å². The minimum Gasteiger partial charge on any atom is -0.452 e. The van der Waals surface area contributed by atoms with Gasteiger partial charge in [0, 0.05) is 5.56 Å². The third kappa shape index (κ3) is 5.54. The first kappa shape index (κ1) is 20.8. The average Bonchev–Trinajstić information content (AvgIpc) is 2.79. The molecule has 3 aromatic rings. The summed E-state index contributed by atoms with van der Waals surface area (Å²) in [4.78, 5) is 37.0. The van der Waals surface area contributed by atoms with E-state index in [9.17, 15) is 14.4 Å². The zero-order valence-electron chi connectivity index (χ0n) is 16.5. The summed E-state index contributed by atoms with van der Waals surface area (Å²) in [6.45, 7) is 1.43. The molecule has 0 saturated carbocycles. The molecule has 2 N–H and O–H groups in total. The van der Waals surface area contributed by atoms with Crippen molar-refractivity contribution < 1.29 is 19.1 Å². The summed E-state index contributed by atoms with van der Waals surface area (Å²) in [6, 6.07) is 24.4. The molecule has 152 valence electrons. The highest BCUT2D eigenvalue weighted by molar-refractivity contribution is 6.08. The zero-order chi connectivity index (χ0) is 21.3. The molecular weight excluding hydrogens is 380 g/mol. The predicted molar refractivity (Wildman–Crippen MR) is 114 cm³/mol. The van der Waals surface area contributed by atoms with E-state index in [-0.39, 0.29) is 17.5 Å². The second kappa shape index (κ2) is 10.0. The van der Waals surface area contributed by atoms with Gasteiger partial charge in [-0.3, -0.25) is 9.59 Å². The minimum absolute atomic E-state index is 0.172. The second-order valence-corrected chi connectivity index (χ2v) is 6.64. The number of para-hydroxylation sites is 1. The van der Waals surface area contributed by atoms with Crippen molar-refractivity contribution in [1.29, 1.82) is 0 Å². The van der Waals surface area contributed by atoms with Crippen LogP contribution < -0.4 is 10.6 Å². The summed E-state index contributed by atoms with van der Waals surface area (Å²) < 4.78 is 5.15. The van der Waals surface area contributed by atoms with Gasteiger partial charge in [0.1, 0.15) is 0 Å². The van der Waals surface area contributed by atoms with Crippen LogP contribution in [0.15, 0.2) is 84.9 Å². The van der Waals surface area contributed by atoms with Gasteiger partial charge in [-0.25, -0.2) is 4.79 Å². The Morgan fingerprint density at radius 1 is 0.833 bits per heavy atom. The molecule has 0 aromatic heterocycles. The third-order valence-corrected chi connectivity index (χ3v) is 4.44. The van der Waals surface area contributed by atoms with Crippen molar-refractivity contribution in [2.45, 2.75) is 13.0 Å². The fourth-order valence-corrected chi connectivity index (χ4v) is 2.87. The maximum atomic E-state index is 12.5. The lowest BCUT2D eigenvalue weighted by Crippen LogP contribution is -2.31. The summed E-state index contributed by atoms with van der Waals surface area (Å²) >= 11 is 0. The van der Waals surface area contributed by atoms with Crippen molar-refractivity contribution >= 4 is 23.5 Å². The summed E-state index contributed by atoms with van der Waals surface area (Å²) in [5.74, 6) is -1.45. The molecule has 6 nitrogen and oxygen atoms in total. The number of nitrogens with one attached hydrogen (secondary N) is 2. The number of benzene rings is 3. The van der Waals surface area contributed by atoms with Crippen molar-refractivity contribution in [1.82, 2.24) is 5.32 Å². The number of amides is 2. The van der Waals surface area contributed by atoms with Gasteiger partial charge in [-0.1, -0.05) is 60.7 Å². The molecule has 3 rings (SSSR count). The van der Waals surface area contributed by atoms with E-state index in [2.05, 4.69) is 10.6 Å². The minimum atomic E-state index is -0.693. The van der Waals surface area contributed by atoms with Gasteiger partial charge >= 0.3 is 5.97 Å². The number of hydrogen-bond donors (Lipinski definition) is 2. The van der Waals surface area contributed by atoms with Crippen LogP contribution in [0.5, 0.6) is 0 Å². The number of hydrogen-bond acceptors (Lipinski definition) is 4. The fraction of sp³-hybridized carbons (Fsp3) is 0.125. The Morgan fingerprint density at radius 2 is 1.43 bits per heavy atom. The Bertz CT molecular complexity index is 1020. The average molecular weight is 402 g/mol. The van der Waals surface area contributed by atoms with Crippen LogP contribution in [0.2, 0.25) is 0 Å². The van der Waals surface area contributed by atoms with Crippen molar-refractivity contribution in [2.75, 3.05) is 11.9 Å². The number of carbonyl (C=O) groups excluding carboxylic acids is 3. The molecule has 0 aliphatic heterocycles. The highest BCUT2D eigenvalue weighted by atomic mass is 16.5. The molecule has 0 aliphatic carbocycles. The molecule has 0 bridgehead atoms. The molecule has 0 saturated heterocycles. The van der Waals surface area contributed by atoms with E-state index in [0.717, 1.165) is 5.56 Å². The topological polar surface area (TPSA) is 84.5 Å². The van der Waals surface area contributed by atoms with Crippen LogP contribution in [0.25, 0.3) is 0 Å². The molecule has 0 fully saturated rings. The summed E-state index contributed by atoms with van der Waals surface area (Å²) in [7, 11) is 0. The molecule has 0 spiro atoms. The van der Waals surface area contributed by atoms with Gasteiger partial charge in [0.2, 0.25) is 0 Å². The van der Waals surface area contributed by atoms with E-state index >= 15 is 0 Å². The van der Waals surface area contributed by atoms with Gasteiger partial charge in [0.05, 0.1) is 17.3 Å². The number of carbonyl (C=O) groups is 3. The van der Waals surface area contributed by atoms with Crippen molar-refractivity contribution in [3.8, 4) is 0 Å². The first-order chi connectivity index (χ1) is 14.5. The molecular formula is C24H22N2O4. The standard InChI is InChI=1S/C24H22N2O4/c1-17(18-10-4-2-5-11-18)25-22(27)16-30-24(29)20-14-8-9-15-21(20)26-23(28)19-12-6-3-7-13-19/h2-15,17H,16H2,1H3,(H,25,27)(H,26,28)/t17-/m1/s1. The van der Waals surface area contributed by atoms with E-state index in [1.54, 1.807) is 42.5 Å². The molecule has 0 heterocycles. The van der Waals surface area contributed by atoms with Gasteiger partial charge in [-0.05, 0) is 36.8 Å². The molecule has 3 aromatic carbocycles. The number of rotatable bonds is 7. The molecule has 0 unspecified atom stereocenters. The van der Waals surface area contributed by atoms with Crippen molar-refractivity contribution in [2.24, 2.45) is 0 Å². The normalized spacial score (nSPS) is 11.2. The molecule has 0 radical (unpaired) electrons. The Hall–Kier alpha value is -3.93. The predicted octanol–water partition coefficient (Wildman–Crippen LogP) is 3.97. The Kier molecular flexibility index (Phi) is 6.95. The van der Waals surface area contributed by atoms with Crippen LogP contribution in [0, 0.1) is 0 Å². The molecule has 1 atom stereocenters. The van der Waals surface area contributed by atoms with E-state index in [0.29, 0.717) is 11.3 Å². The Balaban J connectivity index is 1.59. The van der Waals surface area contributed by atoms with E-state index in [4.69, 9.17) is 4.74 Å². The van der Waals surface area contributed by atoms with Crippen LogP contribution >= 0.6 is 0 Å². The lowest BCUT2D eigenvalue weighted by molar-refractivity contribution is -0.124. The first-order valence-electron chi connectivity index (χ1n) is 9.51. The molecule has 6 heteroatoms. The zero-order valence-corrected chi connectivity index (χ0v) is 16.5. The monoisotopic (exact) mass is 402 g/mol. The highest BCUT2D eigenvalue weighted by Crippen LogP contribution is 2.18. The van der Waals surface area contributed by atoms with E-state index in [1.165, 1.54) is 6.07 Å². The number of anilines is 1. The van der Waals surface area contributed by atoms with Crippen molar-refractivity contribution in [3.63, 3.8) is 0 Å². The quantitative estimate of drug-likeness (QED) is 0.586. The van der Waals surface area contributed by atoms with Gasteiger partial charge in [0.15, 0.2) is 6.61 Å². The fourth-order valence-electron chi connectivity index (χ4n) is 2.87. The molecule has 0 aliphatic rings. The van der Waals surface area contributed by atoms with Crippen LogP contribution in [-0.2, 0) is 9.53 Å². The van der Waals surface area contributed by atoms with Crippen molar-refractivity contribution in [3.05, 3.63) is 102 Å². The lowest BCUT2D eigenvalue weighted by atomic mass is 10.1. The van der Waals surface area contributed by atoms with Gasteiger partial charge in [-0.2, -0.15) is 0 Å². The largest absolute Gasteiger partial charge is 0.452 e. The molecule has 30 heavy (non-hydrogen) atoms. The highest BCUT2D eigenvalue weighted by Gasteiger charge is 2.17. The maximum Gasteiger partial charge on any atom is 0.340 e. The van der Waals surface area contributed by atoms with Crippen LogP contribution in [0.3, 0.4) is 0 Å². The second-order valence-electron chi connectivity index (χ2n) is 6.64. The summed E-state index contributed by atoms with van der Waals surface area (Å²) in [5.41, 5.74) is 1.90. The first-order valence-corrected chi connectivity index (χ1v) is 9.51. The van der Waals surface area contributed by atoms with E-state index in [1.807, 2.05) is 43.3 Å². The number of ether oxygens (including phenoxy) is 1. The SMILES string of the molecule is C[C@@H](NC(=O)COC(=O)c1ccccc1NC(=O)c1ccccc1)c1ccccc1. The Morgan fingerprint density at radius 3 is 2.13 bits per heavy atom. The lowest BCUT2D eigenvalue weighted by Gasteiger charge is -2.15. The summed E-state index contributed by atoms with van der Waals surface area (Å²) in [5, 5.41) is 5.49. The number of esters is 1. The van der Waals surface area contributed by atoms with E-state index < -0.39 is 18.5 Å². The van der Waals surface area contributed by atoms with Crippen LogP contribution in [0.1, 0.15) is 39.2 Å². The van der Waals surface area contributed by atoms with Gasteiger partial charge in [-0.15, -0.1) is 0 Å². The smallest absolute Gasteiger partial charge is 0.340 e. The third-order valence-electron chi connectivity index (χ3n) is 4.44. The van der Waals surface area contributed by atoms with Crippen LogP contribution in [0.4, 0.5) is 5.69 Å².